The van der Waals surface area contributed by atoms with E-state index < -0.39 is 4.92 Å². The predicted molar refractivity (Wildman–Crippen MR) is 116 cm³/mol. The molecule has 5 rings (SSSR count). The number of thiazole rings is 1. The fourth-order valence-electron chi connectivity index (χ4n) is 3.50. The van der Waals surface area contributed by atoms with Crippen LogP contribution in [0.2, 0.25) is 0 Å². The maximum Gasteiger partial charge on any atom is 0.275 e. The molecule has 0 unspecified atom stereocenters. The van der Waals surface area contributed by atoms with E-state index in [9.17, 15) is 14.9 Å². The van der Waals surface area contributed by atoms with Crippen molar-refractivity contribution in [3.8, 4) is 11.3 Å². The average molecular weight is 417 g/mol. The summed E-state index contributed by atoms with van der Waals surface area (Å²) < 4.78 is 7.99. The van der Waals surface area contributed by atoms with Gasteiger partial charge < -0.3 is 4.42 Å². The Morgan fingerprint density at radius 3 is 2.77 bits per heavy atom. The summed E-state index contributed by atoms with van der Waals surface area (Å²) in [5.74, 6) is 1.00. The quantitative estimate of drug-likeness (QED) is 0.323. The third-order valence-electron chi connectivity index (χ3n) is 5.17. The summed E-state index contributed by atoms with van der Waals surface area (Å²) >= 11 is 1.29. The molecule has 148 valence electrons. The lowest BCUT2D eigenvalue weighted by molar-refractivity contribution is -0.385. The van der Waals surface area contributed by atoms with Gasteiger partial charge in [0.25, 0.3) is 11.2 Å². The van der Waals surface area contributed by atoms with E-state index in [-0.39, 0.29) is 11.2 Å². The molecule has 0 saturated heterocycles. The minimum atomic E-state index is -0.392. The number of rotatable bonds is 3. The van der Waals surface area contributed by atoms with Crippen molar-refractivity contribution in [2.45, 2.75) is 13.8 Å². The molecule has 0 radical (unpaired) electrons. The number of hydrogen-bond donors (Lipinski definition) is 0. The number of hydrogen-bond acceptors (Lipinski definition) is 6. The first kappa shape index (κ1) is 18.3. The summed E-state index contributed by atoms with van der Waals surface area (Å²) in [4.78, 5) is 28.9. The van der Waals surface area contributed by atoms with Gasteiger partial charge in [-0.3, -0.25) is 14.9 Å². The third kappa shape index (κ3) is 2.81. The SMILES string of the molecule is Cc1cc(-c2ccc(/C=c3/sc4nc5ccccc5n4c3=O)o2)cc([N+](=O)[O-])c1C. The van der Waals surface area contributed by atoms with Gasteiger partial charge in [0.1, 0.15) is 16.1 Å². The number of furan rings is 1. The third-order valence-corrected chi connectivity index (χ3v) is 6.14. The van der Waals surface area contributed by atoms with Crippen LogP contribution in [0, 0.1) is 24.0 Å². The van der Waals surface area contributed by atoms with E-state index >= 15 is 0 Å². The largest absolute Gasteiger partial charge is 0.457 e. The van der Waals surface area contributed by atoms with Gasteiger partial charge in [-0.1, -0.05) is 23.5 Å². The monoisotopic (exact) mass is 417 g/mol. The lowest BCUT2D eigenvalue weighted by Crippen LogP contribution is -2.22. The first-order valence-corrected chi connectivity index (χ1v) is 10.0. The van der Waals surface area contributed by atoms with Gasteiger partial charge >= 0.3 is 0 Å². The predicted octanol–water partition coefficient (Wildman–Crippen LogP) is 4.24. The van der Waals surface area contributed by atoms with Crippen molar-refractivity contribution >= 4 is 39.1 Å². The Balaban J connectivity index is 1.60. The smallest absolute Gasteiger partial charge is 0.275 e. The van der Waals surface area contributed by atoms with Crippen molar-refractivity contribution in [2.75, 3.05) is 0 Å². The van der Waals surface area contributed by atoms with Crippen molar-refractivity contribution < 1.29 is 9.34 Å². The highest BCUT2D eigenvalue weighted by atomic mass is 32.1. The molecule has 7 nitrogen and oxygen atoms in total. The number of nitro benzene ring substituents is 1. The number of nitro groups is 1. The first-order chi connectivity index (χ1) is 14.4. The fraction of sp³-hybridized carbons (Fsp3) is 0.0909. The molecular weight excluding hydrogens is 402 g/mol. The van der Waals surface area contributed by atoms with Crippen LogP contribution >= 0.6 is 11.3 Å². The molecule has 0 spiro atoms. The second-order valence-electron chi connectivity index (χ2n) is 7.03. The maximum atomic E-state index is 12.9. The van der Waals surface area contributed by atoms with E-state index in [4.69, 9.17) is 4.42 Å². The number of aromatic nitrogens is 2. The number of aryl methyl sites for hydroxylation is 1. The Hall–Kier alpha value is -3.78. The molecule has 0 aliphatic rings. The molecule has 3 heterocycles. The summed E-state index contributed by atoms with van der Waals surface area (Å²) in [5.41, 5.74) is 3.53. The van der Waals surface area contributed by atoms with Crippen molar-refractivity contribution in [3.63, 3.8) is 0 Å². The zero-order chi connectivity index (χ0) is 21.0. The van der Waals surface area contributed by atoms with Crippen LogP contribution in [0.1, 0.15) is 16.9 Å². The molecule has 3 aromatic heterocycles. The van der Waals surface area contributed by atoms with Gasteiger partial charge in [-0.25, -0.2) is 9.38 Å². The zero-order valence-corrected chi connectivity index (χ0v) is 16.9. The number of nitrogens with zero attached hydrogens (tertiary/aromatic N) is 3. The number of imidazole rings is 1. The van der Waals surface area contributed by atoms with Gasteiger partial charge in [0, 0.05) is 23.3 Å². The van der Waals surface area contributed by atoms with Crippen LogP contribution in [0.3, 0.4) is 0 Å². The topological polar surface area (TPSA) is 90.7 Å². The molecule has 5 aromatic rings. The van der Waals surface area contributed by atoms with E-state index in [0.29, 0.717) is 32.1 Å². The molecule has 2 aromatic carbocycles. The molecule has 0 aliphatic carbocycles. The molecule has 8 heteroatoms. The minimum absolute atomic E-state index is 0.0557. The molecule has 0 amide bonds. The van der Waals surface area contributed by atoms with E-state index in [1.165, 1.54) is 17.4 Å². The fourth-order valence-corrected chi connectivity index (χ4v) is 4.47. The van der Waals surface area contributed by atoms with Crippen molar-refractivity contribution in [3.05, 3.63) is 90.4 Å². The summed E-state index contributed by atoms with van der Waals surface area (Å²) in [5, 5.41) is 11.3. The molecule has 0 saturated carbocycles. The lowest BCUT2D eigenvalue weighted by Gasteiger charge is -2.04. The molecule has 0 aliphatic heterocycles. The summed E-state index contributed by atoms with van der Waals surface area (Å²) in [6.07, 6.45) is 1.68. The minimum Gasteiger partial charge on any atom is -0.457 e. The van der Waals surface area contributed by atoms with Crippen LogP contribution in [0.25, 0.3) is 33.4 Å². The van der Waals surface area contributed by atoms with Crippen LogP contribution in [0.5, 0.6) is 0 Å². The zero-order valence-electron chi connectivity index (χ0n) is 16.1. The standard InChI is InChI=1S/C22H15N3O4S/c1-12-9-14(10-18(13(12)2)25(27)28)19-8-7-15(29-19)11-20-21(26)24-17-6-4-3-5-16(17)23-22(24)30-20/h3-11H,1-2H3/b20-11+. The highest BCUT2D eigenvalue weighted by Gasteiger charge is 2.17. The van der Waals surface area contributed by atoms with Crippen LogP contribution in [0.15, 0.2) is 57.7 Å². The second kappa shape index (κ2) is 6.64. The molecule has 0 atom stereocenters. The number of benzene rings is 2. The van der Waals surface area contributed by atoms with E-state index in [1.807, 2.05) is 37.3 Å². The Morgan fingerprint density at radius 2 is 1.97 bits per heavy atom. The van der Waals surface area contributed by atoms with Gasteiger partial charge in [-0.15, -0.1) is 0 Å². The Morgan fingerprint density at radius 1 is 1.17 bits per heavy atom. The number of fused-ring (bicyclic) bond motifs is 3. The van der Waals surface area contributed by atoms with E-state index in [0.717, 1.165) is 16.6 Å². The van der Waals surface area contributed by atoms with E-state index in [1.54, 1.807) is 29.5 Å². The maximum absolute atomic E-state index is 12.9. The van der Waals surface area contributed by atoms with Crippen molar-refractivity contribution in [1.29, 1.82) is 0 Å². The Labute approximate surface area is 173 Å². The van der Waals surface area contributed by atoms with Crippen LogP contribution < -0.4 is 10.1 Å². The summed E-state index contributed by atoms with van der Waals surface area (Å²) in [6, 6.07) is 14.4. The molecule has 0 N–H and O–H groups in total. The molecular formula is C22H15N3O4S. The lowest BCUT2D eigenvalue weighted by atomic mass is 10.0. The Bertz CT molecular complexity index is 1580. The normalized spacial score (nSPS) is 12.3. The van der Waals surface area contributed by atoms with E-state index in [2.05, 4.69) is 4.98 Å². The summed E-state index contributed by atoms with van der Waals surface area (Å²) in [7, 11) is 0. The van der Waals surface area contributed by atoms with Gasteiger partial charge in [0.05, 0.1) is 16.0 Å². The number of para-hydroxylation sites is 2. The molecule has 30 heavy (non-hydrogen) atoms. The average Bonchev–Trinajstić information content (AvgIpc) is 3.40. The van der Waals surface area contributed by atoms with Gasteiger partial charge in [-0.2, -0.15) is 0 Å². The van der Waals surface area contributed by atoms with Crippen LogP contribution in [-0.4, -0.2) is 14.3 Å². The summed E-state index contributed by atoms with van der Waals surface area (Å²) in [6.45, 7) is 3.56. The van der Waals surface area contributed by atoms with Crippen LogP contribution in [0.4, 0.5) is 5.69 Å². The van der Waals surface area contributed by atoms with Gasteiger partial charge in [0.15, 0.2) is 4.96 Å². The molecule has 0 bridgehead atoms. The van der Waals surface area contributed by atoms with Gasteiger partial charge in [-0.05, 0) is 49.7 Å². The molecule has 0 fully saturated rings. The highest BCUT2D eigenvalue weighted by molar-refractivity contribution is 7.15. The Kier molecular flexibility index (Phi) is 4.04. The van der Waals surface area contributed by atoms with Crippen molar-refractivity contribution in [1.82, 2.24) is 9.38 Å². The van der Waals surface area contributed by atoms with Crippen molar-refractivity contribution in [2.24, 2.45) is 0 Å². The highest BCUT2D eigenvalue weighted by Crippen LogP contribution is 2.31. The van der Waals surface area contributed by atoms with Gasteiger partial charge in [0.2, 0.25) is 0 Å². The second-order valence-corrected chi connectivity index (χ2v) is 8.04. The first-order valence-electron chi connectivity index (χ1n) is 9.20. The van der Waals surface area contributed by atoms with Crippen LogP contribution in [-0.2, 0) is 0 Å².